The number of anilines is 1. The Labute approximate surface area is 155 Å². The molecule has 0 fully saturated rings. The summed E-state index contributed by atoms with van der Waals surface area (Å²) in [5, 5.41) is 2.98. The molecule has 5 heteroatoms. The number of amides is 1. The number of nitrogens with zero attached hydrogens (tertiary/aromatic N) is 1. The lowest BCUT2D eigenvalue weighted by Gasteiger charge is -2.10. The fourth-order valence-electron chi connectivity index (χ4n) is 2.61. The van der Waals surface area contributed by atoms with E-state index in [2.05, 4.69) is 26.2 Å². The van der Waals surface area contributed by atoms with Gasteiger partial charge >= 0.3 is 0 Å². The molecule has 0 aliphatic heterocycles. The van der Waals surface area contributed by atoms with Crippen LogP contribution in [0.3, 0.4) is 0 Å². The minimum atomic E-state index is -0.0409. The van der Waals surface area contributed by atoms with Crippen LogP contribution in [0, 0.1) is 13.8 Å². The topological polar surface area (TPSA) is 55.1 Å². The smallest absolute Gasteiger partial charge is 0.224 e. The summed E-state index contributed by atoms with van der Waals surface area (Å²) in [5.74, 6) is 1.23. The van der Waals surface area contributed by atoms with Crippen molar-refractivity contribution in [2.24, 2.45) is 0 Å². The molecule has 2 aromatic carbocycles. The van der Waals surface area contributed by atoms with E-state index in [4.69, 9.17) is 4.42 Å². The Morgan fingerprint density at radius 1 is 1.12 bits per heavy atom. The molecule has 0 aliphatic carbocycles. The van der Waals surface area contributed by atoms with Gasteiger partial charge < -0.3 is 9.73 Å². The third kappa shape index (κ3) is 4.37. The van der Waals surface area contributed by atoms with E-state index < -0.39 is 0 Å². The highest BCUT2D eigenvalue weighted by atomic mass is 79.9. The number of aryl methyl sites for hydroxylation is 3. The molecule has 0 saturated carbocycles. The van der Waals surface area contributed by atoms with Gasteiger partial charge in [0.05, 0.1) is 6.20 Å². The van der Waals surface area contributed by atoms with Crippen molar-refractivity contribution in [1.82, 2.24) is 4.98 Å². The van der Waals surface area contributed by atoms with Crippen LogP contribution in [0.4, 0.5) is 5.69 Å². The number of hydrogen-bond donors (Lipinski definition) is 1. The van der Waals surface area contributed by atoms with Gasteiger partial charge in [0.15, 0.2) is 11.7 Å². The van der Waals surface area contributed by atoms with Crippen LogP contribution in [0.15, 0.2) is 57.6 Å². The first-order valence-corrected chi connectivity index (χ1v) is 8.89. The van der Waals surface area contributed by atoms with Crippen molar-refractivity contribution < 1.29 is 9.21 Å². The van der Waals surface area contributed by atoms with Crippen molar-refractivity contribution >= 4 is 27.5 Å². The number of carbonyl (C=O) groups excluding carboxylic acids is 1. The Balaban J connectivity index is 1.60. The second kappa shape index (κ2) is 7.66. The normalized spacial score (nSPS) is 10.7. The van der Waals surface area contributed by atoms with Gasteiger partial charge in [-0.1, -0.05) is 46.3 Å². The zero-order valence-corrected chi connectivity index (χ0v) is 15.8. The second-order valence-corrected chi connectivity index (χ2v) is 6.86. The van der Waals surface area contributed by atoms with Gasteiger partial charge in [-0.3, -0.25) is 4.79 Å². The van der Waals surface area contributed by atoms with Crippen molar-refractivity contribution in [2.75, 3.05) is 5.32 Å². The molecular weight excluding hydrogens is 380 g/mol. The molecule has 1 aromatic heterocycles. The summed E-state index contributed by atoms with van der Waals surface area (Å²) in [6, 6.07) is 13.8. The van der Waals surface area contributed by atoms with Crippen molar-refractivity contribution in [3.8, 4) is 11.3 Å². The largest absolute Gasteiger partial charge is 0.441 e. The van der Waals surface area contributed by atoms with Gasteiger partial charge in [0.2, 0.25) is 5.91 Å². The van der Waals surface area contributed by atoms with Crippen molar-refractivity contribution in [1.29, 1.82) is 0 Å². The van der Waals surface area contributed by atoms with E-state index in [1.165, 1.54) is 0 Å². The molecule has 3 aromatic rings. The standard InChI is InChI=1S/C20H19BrN2O2/c1-13-4-3-5-14(2)20(13)23-18(24)10-11-19-22-12-17(25-19)15-6-8-16(21)9-7-15/h3-9,12H,10-11H2,1-2H3,(H,23,24). The monoisotopic (exact) mass is 398 g/mol. The Bertz CT molecular complexity index is 865. The maximum atomic E-state index is 12.2. The zero-order valence-electron chi connectivity index (χ0n) is 14.2. The SMILES string of the molecule is Cc1cccc(C)c1NC(=O)CCc1ncc(-c2ccc(Br)cc2)o1. The summed E-state index contributed by atoms with van der Waals surface area (Å²) in [4.78, 5) is 16.5. The van der Waals surface area contributed by atoms with Crippen LogP contribution in [0.1, 0.15) is 23.4 Å². The lowest BCUT2D eigenvalue weighted by atomic mass is 10.1. The Morgan fingerprint density at radius 2 is 1.80 bits per heavy atom. The van der Waals surface area contributed by atoms with Crippen molar-refractivity contribution in [2.45, 2.75) is 26.7 Å². The van der Waals surface area contributed by atoms with E-state index in [9.17, 15) is 4.79 Å². The molecule has 0 bridgehead atoms. The quantitative estimate of drug-likeness (QED) is 0.634. The molecule has 0 spiro atoms. The summed E-state index contributed by atoms with van der Waals surface area (Å²) in [6.45, 7) is 3.97. The molecule has 1 N–H and O–H groups in total. The highest BCUT2D eigenvalue weighted by Gasteiger charge is 2.11. The second-order valence-electron chi connectivity index (χ2n) is 5.94. The fraction of sp³-hybridized carbons (Fsp3) is 0.200. The molecule has 0 aliphatic rings. The molecule has 4 nitrogen and oxygen atoms in total. The molecule has 3 rings (SSSR count). The van der Waals surface area contributed by atoms with Crippen LogP contribution >= 0.6 is 15.9 Å². The van der Waals surface area contributed by atoms with Gasteiger partial charge in [-0.15, -0.1) is 0 Å². The first-order chi connectivity index (χ1) is 12.0. The van der Waals surface area contributed by atoms with E-state index in [-0.39, 0.29) is 5.91 Å². The first kappa shape index (κ1) is 17.4. The van der Waals surface area contributed by atoms with Gasteiger partial charge in [-0.2, -0.15) is 0 Å². The molecule has 0 unspecified atom stereocenters. The van der Waals surface area contributed by atoms with Crippen LogP contribution in [0.2, 0.25) is 0 Å². The average Bonchev–Trinajstić information content (AvgIpc) is 3.06. The van der Waals surface area contributed by atoms with E-state index in [1.807, 2.05) is 56.3 Å². The van der Waals surface area contributed by atoms with Crippen molar-refractivity contribution in [3.05, 3.63) is 70.2 Å². The third-order valence-corrected chi connectivity index (χ3v) is 4.52. The first-order valence-electron chi connectivity index (χ1n) is 8.09. The Kier molecular flexibility index (Phi) is 5.34. The molecule has 25 heavy (non-hydrogen) atoms. The zero-order chi connectivity index (χ0) is 17.8. The third-order valence-electron chi connectivity index (χ3n) is 3.99. The summed E-state index contributed by atoms with van der Waals surface area (Å²) >= 11 is 3.41. The molecule has 0 saturated heterocycles. The van der Waals surface area contributed by atoms with Gasteiger partial charge in [-0.05, 0) is 37.1 Å². The highest BCUT2D eigenvalue weighted by Crippen LogP contribution is 2.23. The maximum Gasteiger partial charge on any atom is 0.224 e. The predicted octanol–water partition coefficient (Wildman–Crippen LogP) is 5.29. The number of carbonyl (C=O) groups is 1. The van der Waals surface area contributed by atoms with E-state index in [1.54, 1.807) is 6.20 Å². The van der Waals surface area contributed by atoms with Gasteiger partial charge in [0.25, 0.3) is 0 Å². The number of rotatable bonds is 5. The van der Waals surface area contributed by atoms with Gasteiger partial charge in [-0.25, -0.2) is 4.98 Å². The maximum absolute atomic E-state index is 12.2. The summed E-state index contributed by atoms with van der Waals surface area (Å²) in [7, 11) is 0. The van der Waals surface area contributed by atoms with E-state index >= 15 is 0 Å². The molecule has 1 amide bonds. The molecule has 0 atom stereocenters. The minimum Gasteiger partial charge on any atom is -0.441 e. The molecule has 0 radical (unpaired) electrons. The number of halogens is 1. The Morgan fingerprint density at radius 3 is 2.48 bits per heavy atom. The summed E-state index contributed by atoms with van der Waals surface area (Å²) in [6.07, 6.45) is 2.49. The number of nitrogens with one attached hydrogen (secondary N) is 1. The molecular formula is C20H19BrN2O2. The van der Waals surface area contributed by atoms with Crippen LogP contribution < -0.4 is 5.32 Å². The number of oxazole rings is 1. The number of aromatic nitrogens is 1. The van der Waals surface area contributed by atoms with E-state index in [0.717, 1.165) is 26.9 Å². The van der Waals surface area contributed by atoms with Crippen LogP contribution in [0.5, 0.6) is 0 Å². The van der Waals surface area contributed by atoms with Gasteiger partial charge in [0, 0.05) is 28.6 Å². The van der Waals surface area contributed by atoms with Crippen LogP contribution in [0.25, 0.3) is 11.3 Å². The number of para-hydroxylation sites is 1. The minimum absolute atomic E-state index is 0.0409. The lowest BCUT2D eigenvalue weighted by Crippen LogP contribution is -2.14. The van der Waals surface area contributed by atoms with Gasteiger partial charge in [0.1, 0.15) is 0 Å². The summed E-state index contributed by atoms with van der Waals surface area (Å²) < 4.78 is 6.76. The predicted molar refractivity (Wildman–Crippen MR) is 103 cm³/mol. The van der Waals surface area contributed by atoms with Crippen LogP contribution in [-0.2, 0) is 11.2 Å². The fourth-order valence-corrected chi connectivity index (χ4v) is 2.87. The Hall–Kier alpha value is -2.40. The number of benzene rings is 2. The van der Waals surface area contributed by atoms with E-state index in [0.29, 0.717) is 24.5 Å². The molecule has 128 valence electrons. The van der Waals surface area contributed by atoms with Crippen molar-refractivity contribution in [3.63, 3.8) is 0 Å². The highest BCUT2D eigenvalue weighted by molar-refractivity contribution is 9.10. The number of hydrogen-bond acceptors (Lipinski definition) is 3. The van der Waals surface area contributed by atoms with Crippen LogP contribution in [-0.4, -0.2) is 10.9 Å². The lowest BCUT2D eigenvalue weighted by molar-refractivity contribution is -0.116. The molecule has 1 heterocycles. The summed E-state index contributed by atoms with van der Waals surface area (Å²) in [5.41, 5.74) is 3.96. The average molecular weight is 399 g/mol.